The number of nitrogens with one attached hydrogen (secondary N) is 1. The Balaban J connectivity index is 2.36. The summed E-state index contributed by atoms with van der Waals surface area (Å²) in [6.07, 6.45) is 4.42. The van der Waals surface area contributed by atoms with Crippen molar-refractivity contribution in [3.8, 4) is 0 Å². The zero-order valence-corrected chi connectivity index (χ0v) is 10.4. The van der Waals surface area contributed by atoms with Crippen LogP contribution in [0.2, 0.25) is 0 Å². The van der Waals surface area contributed by atoms with Crippen molar-refractivity contribution >= 4 is 10.0 Å². The third-order valence-corrected chi connectivity index (χ3v) is 5.20. The van der Waals surface area contributed by atoms with Gasteiger partial charge in [-0.05, 0) is 32.8 Å². The van der Waals surface area contributed by atoms with Gasteiger partial charge < -0.3 is 0 Å². The van der Waals surface area contributed by atoms with E-state index in [2.05, 4.69) is 10.2 Å². The van der Waals surface area contributed by atoms with E-state index in [9.17, 15) is 8.42 Å². The number of aromatic nitrogens is 2. The normalized spacial score (nSPS) is 28.1. The zero-order valence-electron chi connectivity index (χ0n) is 9.55. The number of nitrogens with zero attached hydrogens (tertiary/aromatic N) is 2. The van der Waals surface area contributed by atoms with Gasteiger partial charge in [-0.25, -0.2) is 8.42 Å². The zero-order chi connectivity index (χ0) is 11.8. The summed E-state index contributed by atoms with van der Waals surface area (Å²) in [5, 5.41) is 6.43. The van der Waals surface area contributed by atoms with Crippen molar-refractivity contribution in [2.75, 3.05) is 0 Å². The molecule has 2 atom stereocenters. The Morgan fingerprint density at radius 3 is 2.50 bits per heavy atom. The molecule has 16 heavy (non-hydrogen) atoms. The van der Waals surface area contributed by atoms with Crippen LogP contribution in [0.3, 0.4) is 0 Å². The van der Waals surface area contributed by atoms with Crippen molar-refractivity contribution in [3.63, 3.8) is 0 Å². The van der Waals surface area contributed by atoms with Crippen LogP contribution in [-0.2, 0) is 10.0 Å². The molecule has 0 saturated carbocycles. The maximum atomic E-state index is 12.3. The topological polar surface area (TPSA) is 66.1 Å². The average molecular weight is 243 g/mol. The van der Waals surface area contributed by atoms with Gasteiger partial charge in [-0.15, -0.1) is 0 Å². The fourth-order valence-electron chi connectivity index (χ4n) is 2.37. The first-order valence-corrected chi connectivity index (χ1v) is 7.00. The number of sulfonamides is 1. The van der Waals surface area contributed by atoms with E-state index in [4.69, 9.17) is 0 Å². The highest BCUT2D eigenvalue weighted by Gasteiger charge is 2.36. The lowest BCUT2D eigenvalue weighted by Gasteiger charge is -2.37. The SMILES string of the molecule is C[C@@H]1CCC[C@H](C)N1S(=O)(=O)c1ccn[nH]1. The Hall–Kier alpha value is -0.880. The molecule has 6 heteroatoms. The molecule has 1 aliphatic rings. The maximum absolute atomic E-state index is 12.3. The maximum Gasteiger partial charge on any atom is 0.260 e. The minimum Gasteiger partial charge on any atom is -0.266 e. The molecule has 0 aromatic carbocycles. The van der Waals surface area contributed by atoms with Crippen molar-refractivity contribution in [2.24, 2.45) is 0 Å². The van der Waals surface area contributed by atoms with Gasteiger partial charge in [0.1, 0.15) is 0 Å². The number of aromatic amines is 1. The van der Waals surface area contributed by atoms with E-state index < -0.39 is 10.0 Å². The van der Waals surface area contributed by atoms with Crippen LogP contribution in [0.15, 0.2) is 17.3 Å². The molecule has 0 amide bonds. The predicted molar refractivity (Wildman–Crippen MR) is 60.4 cm³/mol. The highest BCUT2D eigenvalue weighted by atomic mass is 32.2. The second-order valence-corrected chi connectivity index (χ2v) is 6.20. The van der Waals surface area contributed by atoms with Crippen molar-refractivity contribution in [1.82, 2.24) is 14.5 Å². The van der Waals surface area contributed by atoms with Crippen molar-refractivity contribution in [1.29, 1.82) is 0 Å². The van der Waals surface area contributed by atoms with Gasteiger partial charge in [0, 0.05) is 12.1 Å². The van der Waals surface area contributed by atoms with Crippen LogP contribution >= 0.6 is 0 Å². The molecule has 0 unspecified atom stereocenters. The number of H-pyrrole nitrogens is 1. The Morgan fingerprint density at radius 2 is 2.00 bits per heavy atom. The van der Waals surface area contributed by atoms with Crippen molar-refractivity contribution in [2.45, 2.75) is 50.2 Å². The summed E-state index contributed by atoms with van der Waals surface area (Å²) in [7, 11) is -3.40. The Morgan fingerprint density at radius 1 is 1.38 bits per heavy atom. The molecule has 5 nitrogen and oxygen atoms in total. The summed E-state index contributed by atoms with van der Waals surface area (Å²) >= 11 is 0. The first-order valence-electron chi connectivity index (χ1n) is 5.56. The van der Waals surface area contributed by atoms with E-state index in [0.717, 1.165) is 19.3 Å². The van der Waals surface area contributed by atoms with E-state index >= 15 is 0 Å². The summed E-state index contributed by atoms with van der Waals surface area (Å²) in [4.78, 5) is 0. The average Bonchev–Trinajstić information content (AvgIpc) is 2.69. The van der Waals surface area contributed by atoms with E-state index in [1.807, 2.05) is 13.8 Å². The van der Waals surface area contributed by atoms with Crippen molar-refractivity contribution in [3.05, 3.63) is 12.3 Å². The van der Waals surface area contributed by atoms with E-state index in [1.54, 1.807) is 4.31 Å². The minimum absolute atomic E-state index is 0.0667. The Bertz CT molecular complexity index is 431. The first kappa shape index (κ1) is 11.6. The Kier molecular flexibility index (Phi) is 3.03. The van der Waals surface area contributed by atoms with E-state index in [-0.39, 0.29) is 17.1 Å². The van der Waals surface area contributed by atoms with Crippen LogP contribution in [0.1, 0.15) is 33.1 Å². The summed E-state index contributed by atoms with van der Waals surface area (Å²) < 4.78 is 26.2. The summed E-state index contributed by atoms with van der Waals surface area (Å²) in [6, 6.07) is 1.64. The van der Waals surface area contributed by atoms with Crippen LogP contribution in [0.25, 0.3) is 0 Å². The molecular formula is C10H17N3O2S. The van der Waals surface area contributed by atoms with Crippen LogP contribution in [0.4, 0.5) is 0 Å². The standard InChI is InChI=1S/C10H17N3O2S/c1-8-4-3-5-9(2)13(8)16(14,15)10-6-7-11-12-10/h6-9H,3-5H2,1-2H3,(H,11,12)/t8-,9+. The lowest BCUT2D eigenvalue weighted by atomic mass is 10.0. The molecule has 0 spiro atoms. The molecular weight excluding hydrogens is 226 g/mol. The predicted octanol–water partition coefficient (Wildman–Crippen LogP) is 1.36. The lowest BCUT2D eigenvalue weighted by molar-refractivity contribution is 0.203. The number of rotatable bonds is 2. The fraction of sp³-hybridized carbons (Fsp3) is 0.700. The largest absolute Gasteiger partial charge is 0.266 e. The van der Waals surface area contributed by atoms with Crippen molar-refractivity contribution < 1.29 is 8.42 Å². The first-order chi connectivity index (χ1) is 7.53. The molecule has 2 rings (SSSR count). The fourth-order valence-corrected chi connectivity index (χ4v) is 4.16. The third-order valence-electron chi connectivity index (χ3n) is 3.14. The number of hydrogen-bond donors (Lipinski definition) is 1. The molecule has 1 saturated heterocycles. The van der Waals surface area contributed by atoms with Crippen LogP contribution < -0.4 is 0 Å². The molecule has 0 aliphatic carbocycles. The molecule has 90 valence electrons. The third kappa shape index (κ3) is 1.87. The van der Waals surface area contributed by atoms with Gasteiger partial charge in [0.05, 0.1) is 6.20 Å². The van der Waals surface area contributed by atoms with E-state index in [1.165, 1.54) is 12.3 Å². The highest BCUT2D eigenvalue weighted by molar-refractivity contribution is 7.89. The van der Waals surface area contributed by atoms with Gasteiger partial charge in [-0.2, -0.15) is 9.40 Å². The minimum atomic E-state index is -3.40. The second kappa shape index (κ2) is 4.18. The molecule has 1 aliphatic heterocycles. The molecule has 1 aromatic heterocycles. The smallest absolute Gasteiger partial charge is 0.260 e. The summed E-state index contributed by atoms with van der Waals surface area (Å²) in [5.41, 5.74) is 0. The van der Waals surface area contributed by atoms with Crippen LogP contribution in [-0.4, -0.2) is 35.0 Å². The monoisotopic (exact) mass is 243 g/mol. The van der Waals surface area contributed by atoms with Crippen LogP contribution in [0, 0.1) is 0 Å². The van der Waals surface area contributed by atoms with Crippen LogP contribution in [0.5, 0.6) is 0 Å². The molecule has 1 fully saturated rings. The summed E-state index contributed by atoms with van der Waals surface area (Å²) in [5.74, 6) is 0. The molecule has 1 aromatic rings. The van der Waals surface area contributed by atoms with Gasteiger partial charge in [0.25, 0.3) is 10.0 Å². The van der Waals surface area contributed by atoms with E-state index in [0.29, 0.717) is 0 Å². The van der Waals surface area contributed by atoms with Gasteiger partial charge in [0.2, 0.25) is 0 Å². The van der Waals surface area contributed by atoms with Gasteiger partial charge >= 0.3 is 0 Å². The summed E-state index contributed by atoms with van der Waals surface area (Å²) in [6.45, 7) is 3.92. The Labute approximate surface area is 95.9 Å². The lowest BCUT2D eigenvalue weighted by Crippen LogP contribution is -2.47. The van der Waals surface area contributed by atoms with Gasteiger partial charge in [-0.3, -0.25) is 5.10 Å². The van der Waals surface area contributed by atoms with Gasteiger partial charge in [-0.1, -0.05) is 6.42 Å². The second-order valence-electron chi connectivity index (χ2n) is 4.38. The number of piperidine rings is 1. The van der Waals surface area contributed by atoms with Gasteiger partial charge in [0.15, 0.2) is 5.03 Å². The quantitative estimate of drug-likeness (QED) is 0.853. The molecule has 1 N–H and O–H groups in total. The molecule has 2 heterocycles. The number of hydrogen-bond acceptors (Lipinski definition) is 3. The molecule has 0 bridgehead atoms. The molecule has 0 radical (unpaired) electrons. The highest BCUT2D eigenvalue weighted by Crippen LogP contribution is 2.28.